The van der Waals surface area contributed by atoms with Gasteiger partial charge in [0.15, 0.2) is 0 Å². The van der Waals surface area contributed by atoms with Gasteiger partial charge < -0.3 is 10.1 Å². The number of carbonyl (C=O) groups excluding carboxylic acids is 1. The van der Waals surface area contributed by atoms with Crippen LogP contribution in [0.15, 0.2) is 18.2 Å². The first-order valence-corrected chi connectivity index (χ1v) is 9.14. The van der Waals surface area contributed by atoms with Crippen molar-refractivity contribution in [2.24, 2.45) is 0 Å². The van der Waals surface area contributed by atoms with Crippen LogP contribution in [0.5, 0.6) is 0 Å². The van der Waals surface area contributed by atoms with Crippen molar-refractivity contribution < 1.29 is 9.53 Å². The third-order valence-corrected chi connectivity index (χ3v) is 5.03. The van der Waals surface area contributed by atoms with Crippen LogP contribution in [0, 0.1) is 0 Å². The number of rotatable bonds is 3. The van der Waals surface area contributed by atoms with Crippen LogP contribution < -0.4 is 5.32 Å². The number of esters is 1. The molecule has 2 aliphatic rings. The fraction of sp³-hybridized carbons (Fsp3) is 0.650. The van der Waals surface area contributed by atoms with E-state index in [9.17, 15) is 4.79 Å². The first-order chi connectivity index (χ1) is 11.3. The molecular weight excluding hydrogens is 300 g/mol. The van der Waals surface area contributed by atoms with Crippen molar-refractivity contribution in [2.45, 2.75) is 58.0 Å². The molecule has 1 aromatic carbocycles. The summed E-state index contributed by atoms with van der Waals surface area (Å²) in [5.41, 5.74) is 3.95. The smallest absolute Gasteiger partial charge is 0.320 e. The number of piperidine rings is 1. The Morgan fingerprint density at radius 1 is 1.29 bits per heavy atom. The summed E-state index contributed by atoms with van der Waals surface area (Å²) in [5, 5.41) is 3.51. The maximum absolute atomic E-state index is 12.0. The van der Waals surface area contributed by atoms with Crippen molar-refractivity contribution >= 4 is 11.7 Å². The maximum Gasteiger partial charge on any atom is 0.320 e. The van der Waals surface area contributed by atoms with E-state index in [0.717, 1.165) is 32.5 Å². The minimum atomic E-state index is -0.400. The van der Waals surface area contributed by atoms with Crippen LogP contribution in [-0.2, 0) is 9.53 Å². The molecule has 0 aromatic heterocycles. The van der Waals surface area contributed by atoms with Gasteiger partial charge in [-0.1, -0.05) is 19.1 Å². The van der Waals surface area contributed by atoms with E-state index >= 15 is 0 Å². The van der Waals surface area contributed by atoms with Gasteiger partial charge in [0.25, 0.3) is 0 Å². The zero-order valence-electron chi connectivity index (χ0n) is 15.4. The van der Waals surface area contributed by atoms with E-state index in [2.05, 4.69) is 35.3 Å². The Morgan fingerprint density at radius 2 is 2.00 bits per heavy atom. The molecule has 0 radical (unpaired) electrons. The van der Waals surface area contributed by atoms with Crippen LogP contribution in [0.4, 0.5) is 5.69 Å². The number of nitrogens with one attached hydrogen (secondary N) is 1. The van der Waals surface area contributed by atoms with Crippen molar-refractivity contribution in [1.29, 1.82) is 0 Å². The van der Waals surface area contributed by atoms with Crippen molar-refractivity contribution in [3.05, 3.63) is 29.3 Å². The van der Waals surface area contributed by atoms with Crippen molar-refractivity contribution in [1.82, 2.24) is 4.90 Å². The average Bonchev–Trinajstić information content (AvgIpc) is 2.88. The maximum atomic E-state index is 12.0. The quantitative estimate of drug-likeness (QED) is 0.857. The molecule has 1 aromatic rings. The fourth-order valence-corrected chi connectivity index (χ4v) is 3.97. The minimum absolute atomic E-state index is 0.112. The van der Waals surface area contributed by atoms with Gasteiger partial charge in [0.2, 0.25) is 0 Å². The number of hydrogen-bond acceptors (Lipinski definition) is 4. The van der Waals surface area contributed by atoms with Crippen LogP contribution in [0.25, 0.3) is 0 Å². The lowest BCUT2D eigenvalue weighted by molar-refractivity contribution is -0.156. The highest BCUT2D eigenvalue weighted by atomic mass is 16.6. The molecule has 1 saturated heterocycles. The van der Waals surface area contributed by atoms with Gasteiger partial charge in [-0.3, -0.25) is 9.69 Å². The summed E-state index contributed by atoms with van der Waals surface area (Å²) in [5.74, 6) is 1.09. The lowest BCUT2D eigenvalue weighted by Gasteiger charge is -2.33. The van der Waals surface area contributed by atoms with Gasteiger partial charge in [0.1, 0.15) is 5.60 Å². The molecule has 132 valence electrons. The summed E-state index contributed by atoms with van der Waals surface area (Å²) in [6.45, 7) is 11.5. The predicted molar refractivity (Wildman–Crippen MR) is 97.6 cm³/mol. The summed E-state index contributed by atoms with van der Waals surface area (Å²) in [7, 11) is 0. The molecule has 0 bridgehead atoms. The Labute approximate surface area is 145 Å². The number of fused-ring (bicyclic) bond motifs is 1. The highest BCUT2D eigenvalue weighted by Gasteiger charge is 2.29. The van der Waals surface area contributed by atoms with Gasteiger partial charge in [-0.05, 0) is 69.8 Å². The molecule has 0 aliphatic carbocycles. The Kier molecular flexibility index (Phi) is 4.86. The number of benzene rings is 1. The van der Waals surface area contributed by atoms with Gasteiger partial charge in [-0.2, -0.15) is 0 Å². The third-order valence-electron chi connectivity index (χ3n) is 5.03. The Bertz CT molecular complexity index is 598. The number of anilines is 1. The van der Waals surface area contributed by atoms with Crippen molar-refractivity contribution in [3.63, 3.8) is 0 Å². The summed E-state index contributed by atoms with van der Waals surface area (Å²) in [6.07, 6.45) is 2.23. The molecule has 24 heavy (non-hydrogen) atoms. The van der Waals surface area contributed by atoms with Gasteiger partial charge >= 0.3 is 5.97 Å². The molecule has 3 rings (SSSR count). The molecule has 1 atom stereocenters. The van der Waals surface area contributed by atoms with E-state index in [1.807, 2.05) is 20.8 Å². The number of nitrogens with zero attached hydrogens (tertiary/aromatic N) is 1. The SMILES string of the molecule is C[C@H]1CNc2cccc(C3CCN(CC(=O)OC(C)(C)C)CC3)c21. The van der Waals surface area contributed by atoms with E-state index in [0.29, 0.717) is 18.4 Å². The van der Waals surface area contributed by atoms with Crippen molar-refractivity contribution in [3.8, 4) is 0 Å². The van der Waals surface area contributed by atoms with Crippen LogP contribution in [0.3, 0.4) is 0 Å². The minimum Gasteiger partial charge on any atom is -0.459 e. The van der Waals surface area contributed by atoms with E-state index in [-0.39, 0.29) is 5.97 Å². The first kappa shape index (κ1) is 17.3. The standard InChI is InChI=1S/C20H30N2O2/c1-14-12-21-17-7-5-6-16(19(14)17)15-8-10-22(11-9-15)13-18(23)24-20(2,3)4/h5-7,14-15,21H,8-13H2,1-4H3/t14-/m0/s1. The summed E-state index contributed by atoms with van der Waals surface area (Å²) in [4.78, 5) is 14.2. The third kappa shape index (κ3) is 3.92. The molecule has 1 N–H and O–H groups in total. The van der Waals surface area contributed by atoms with E-state index in [1.54, 1.807) is 0 Å². The first-order valence-electron chi connectivity index (χ1n) is 9.14. The van der Waals surface area contributed by atoms with Crippen molar-refractivity contribution in [2.75, 3.05) is 31.5 Å². The molecule has 2 heterocycles. The summed E-state index contributed by atoms with van der Waals surface area (Å²) < 4.78 is 5.44. The normalized spacial score (nSPS) is 22.1. The molecule has 0 amide bonds. The lowest BCUT2D eigenvalue weighted by Crippen LogP contribution is -2.39. The Hall–Kier alpha value is -1.55. The monoisotopic (exact) mass is 330 g/mol. The second kappa shape index (κ2) is 6.75. The Balaban J connectivity index is 1.59. The largest absolute Gasteiger partial charge is 0.459 e. The molecule has 0 saturated carbocycles. The van der Waals surface area contributed by atoms with Crippen LogP contribution in [0.2, 0.25) is 0 Å². The molecule has 0 spiro atoms. The molecule has 1 fully saturated rings. The number of ether oxygens (including phenoxy) is 1. The van der Waals surface area contributed by atoms with E-state index in [4.69, 9.17) is 4.74 Å². The van der Waals surface area contributed by atoms with E-state index < -0.39 is 5.60 Å². The van der Waals surface area contributed by atoms with Crippen LogP contribution in [-0.4, -0.2) is 42.6 Å². The molecule has 4 heteroatoms. The number of carbonyl (C=O) groups is 1. The summed E-state index contributed by atoms with van der Waals surface area (Å²) in [6, 6.07) is 6.67. The van der Waals surface area contributed by atoms with Crippen LogP contribution in [0.1, 0.15) is 63.5 Å². The average molecular weight is 330 g/mol. The molecule has 0 unspecified atom stereocenters. The zero-order chi connectivity index (χ0) is 17.3. The number of hydrogen-bond donors (Lipinski definition) is 1. The van der Waals surface area contributed by atoms with E-state index in [1.165, 1.54) is 16.8 Å². The second-order valence-corrected chi connectivity index (χ2v) is 8.23. The number of likely N-dealkylation sites (tertiary alicyclic amines) is 1. The Morgan fingerprint density at radius 3 is 2.67 bits per heavy atom. The summed E-state index contributed by atoms with van der Waals surface area (Å²) >= 11 is 0. The zero-order valence-corrected chi connectivity index (χ0v) is 15.4. The molecule has 4 nitrogen and oxygen atoms in total. The van der Waals surface area contributed by atoms with Crippen LogP contribution >= 0.6 is 0 Å². The van der Waals surface area contributed by atoms with Gasteiger partial charge in [0, 0.05) is 18.2 Å². The molecule has 2 aliphatic heterocycles. The lowest BCUT2D eigenvalue weighted by atomic mass is 9.83. The fourth-order valence-electron chi connectivity index (χ4n) is 3.97. The second-order valence-electron chi connectivity index (χ2n) is 8.23. The highest BCUT2D eigenvalue weighted by molar-refractivity contribution is 5.72. The highest BCUT2D eigenvalue weighted by Crippen LogP contribution is 2.40. The van der Waals surface area contributed by atoms with Gasteiger partial charge in [0.05, 0.1) is 6.54 Å². The van der Waals surface area contributed by atoms with Gasteiger partial charge in [-0.15, -0.1) is 0 Å². The molecular formula is C20H30N2O2. The topological polar surface area (TPSA) is 41.6 Å². The predicted octanol–water partition coefficient (Wildman–Crippen LogP) is 3.74. The van der Waals surface area contributed by atoms with Gasteiger partial charge in [-0.25, -0.2) is 0 Å².